The highest BCUT2D eigenvalue weighted by atomic mass is 79.9. The molecule has 154 valence electrons. The Morgan fingerprint density at radius 3 is 2.57 bits per heavy atom. The number of fused-ring (bicyclic) bond motifs is 1. The predicted molar refractivity (Wildman–Crippen MR) is 103 cm³/mol. The predicted octanol–water partition coefficient (Wildman–Crippen LogP) is 4.65. The van der Waals surface area contributed by atoms with Crippen molar-refractivity contribution in [3.63, 3.8) is 0 Å². The first-order valence-electron chi connectivity index (χ1n) is 9.85. The topological polar surface area (TPSA) is 43.2 Å². The van der Waals surface area contributed by atoms with Crippen molar-refractivity contribution in [3.05, 3.63) is 16.6 Å². The van der Waals surface area contributed by atoms with Crippen LogP contribution >= 0.6 is 15.9 Å². The van der Waals surface area contributed by atoms with Crippen molar-refractivity contribution < 1.29 is 17.9 Å². The van der Waals surface area contributed by atoms with E-state index >= 15 is 0 Å². The van der Waals surface area contributed by atoms with Crippen LogP contribution in [0.3, 0.4) is 0 Å². The maximum absolute atomic E-state index is 12.7. The van der Waals surface area contributed by atoms with Crippen molar-refractivity contribution in [1.82, 2.24) is 19.9 Å². The third-order valence-electron chi connectivity index (χ3n) is 5.64. The number of aromatic nitrogens is 3. The van der Waals surface area contributed by atoms with E-state index in [-0.39, 0.29) is 12.8 Å². The first kappa shape index (κ1) is 19.9. The molecule has 1 aliphatic carbocycles. The number of ether oxygens (including phenoxy) is 1. The number of halogens is 4. The molecule has 2 fully saturated rings. The van der Waals surface area contributed by atoms with Gasteiger partial charge in [0.05, 0.1) is 22.5 Å². The fourth-order valence-electron chi connectivity index (χ4n) is 3.73. The number of rotatable bonds is 7. The maximum Gasteiger partial charge on any atom is 0.391 e. The molecule has 2 aromatic rings. The number of alkyl halides is 3. The summed E-state index contributed by atoms with van der Waals surface area (Å²) in [6, 6.07) is 3.91. The Bertz CT molecular complexity index is 813. The number of nitrogens with zero attached hydrogens (tertiary/aromatic N) is 4. The van der Waals surface area contributed by atoms with Gasteiger partial charge in [0, 0.05) is 13.1 Å². The molecule has 0 radical (unpaired) electrons. The Balaban J connectivity index is 1.25. The lowest BCUT2D eigenvalue weighted by Crippen LogP contribution is -2.39. The van der Waals surface area contributed by atoms with E-state index in [2.05, 4.69) is 31.1 Å². The zero-order valence-electron chi connectivity index (χ0n) is 15.6. The summed E-state index contributed by atoms with van der Waals surface area (Å²) in [5.41, 5.74) is 1.80. The maximum atomic E-state index is 12.7. The van der Waals surface area contributed by atoms with Gasteiger partial charge in [0.25, 0.3) is 0 Å². The monoisotopic (exact) mass is 460 g/mol. The SMILES string of the molecule is FC(F)(F)C1CCN(CCCOc2ccc3c(nnn3CC3CC3)c2Br)CC1. The summed E-state index contributed by atoms with van der Waals surface area (Å²) < 4.78 is 46.8. The average Bonchev–Trinajstić information content (AvgIpc) is 3.38. The van der Waals surface area contributed by atoms with Crippen LogP contribution in [0.4, 0.5) is 13.2 Å². The molecule has 0 atom stereocenters. The van der Waals surface area contributed by atoms with Crippen LogP contribution in [0.1, 0.15) is 32.1 Å². The summed E-state index contributed by atoms with van der Waals surface area (Å²) >= 11 is 3.57. The molecule has 4 rings (SSSR count). The van der Waals surface area contributed by atoms with Crippen LogP contribution in [0.25, 0.3) is 11.0 Å². The van der Waals surface area contributed by atoms with Crippen molar-refractivity contribution in [2.24, 2.45) is 11.8 Å². The van der Waals surface area contributed by atoms with E-state index in [1.165, 1.54) is 12.8 Å². The van der Waals surface area contributed by atoms with Crippen molar-refractivity contribution in [2.45, 2.75) is 44.8 Å². The van der Waals surface area contributed by atoms with Gasteiger partial charge in [-0.1, -0.05) is 5.21 Å². The molecule has 0 unspecified atom stereocenters. The van der Waals surface area contributed by atoms with Gasteiger partial charge in [-0.15, -0.1) is 5.10 Å². The van der Waals surface area contributed by atoms with Crippen LogP contribution in [0.5, 0.6) is 5.75 Å². The summed E-state index contributed by atoms with van der Waals surface area (Å²) in [5, 5.41) is 8.53. The number of likely N-dealkylation sites (tertiary alicyclic amines) is 1. The second-order valence-corrected chi connectivity index (χ2v) is 8.61. The van der Waals surface area contributed by atoms with Crippen molar-refractivity contribution in [2.75, 3.05) is 26.2 Å². The van der Waals surface area contributed by atoms with Crippen LogP contribution in [-0.2, 0) is 6.54 Å². The van der Waals surface area contributed by atoms with Gasteiger partial charge in [0.15, 0.2) is 0 Å². The Hall–Kier alpha value is -1.35. The minimum Gasteiger partial charge on any atom is -0.492 e. The molecule has 0 bridgehead atoms. The fraction of sp³-hybridized carbons (Fsp3) is 0.684. The first-order chi connectivity index (χ1) is 13.4. The van der Waals surface area contributed by atoms with Crippen LogP contribution < -0.4 is 4.74 Å². The smallest absolute Gasteiger partial charge is 0.391 e. The molecular formula is C19H24BrF3N4O. The lowest BCUT2D eigenvalue weighted by molar-refractivity contribution is -0.185. The Labute approximate surface area is 170 Å². The van der Waals surface area contributed by atoms with Crippen molar-refractivity contribution in [3.8, 4) is 5.75 Å². The molecule has 1 saturated heterocycles. The Morgan fingerprint density at radius 1 is 1.14 bits per heavy atom. The molecule has 1 saturated carbocycles. The Kier molecular flexibility index (Phi) is 5.83. The standard InChI is InChI=1S/C19H24BrF3N4O/c20-17-16(5-4-15-18(17)24-25-27(15)12-13-2-3-13)28-11-1-8-26-9-6-14(7-10-26)19(21,22)23/h4-5,13-14H,1-3,6-12H2. The number of piperidine rings is 1. The molecular weight excluding hydrogens is 437 g/mol. The van der Waals surface area contributed by atoms with Gasteiger partial charge in [-0.2, -0.15) is 13.2 Å². The van der Waals surface area contributed by atoms with E-state index in [9.17, 15) is 13.2 Å². The van der Waals surface area contributed by atoms with Crippen molar-refractivity contribution in [1.29, 1.82) is 0 Å². The van der Waals surface area contributed by atoms with Crippen LogP contribution in [-0.4, -0.2) is 52.3 Å². The van der Waals surface area contributed by atoms with Crippen LogP contribution in [0.15, 0.2) is 16.6 Å². The van der Waals surface area contributed by atoms with E-state index < -0.39 is 12.1 Å². The summed E-state index contributed by atoms with van der Waals surface area (Å²) in [5.74, 6) is 0.304. The summed E-state index contributed by atoms with van der Waals surface area (Å²) in [7, 11) is 0. The van der Waals surface area contributed by atoms with E-state index in [4.69, 9.17) is 4.74 Å². The molecule has 0 amide bonds. The molecule has 2 aliphatic rings. The third kappa shape index (κ3) is 4.62. The zero-order valence-corrected chi connectivity index (χ0v) is 17.2. The fourth-order valence-corrected chi connectivity index (χ4v) is 4.26. The highest BCUT2D eigenvalue weighted by Crippen LogP contribution is 2.35. The number of hydrogen-bond acceptors (Lipinski definition) is 4. The second kappa shape index (κ2) is 8.18. The van der Waals surface area contributed by atoms with E-state index in [0.717, 1.165) is 46.7 Å². The molecule has 5 nitrogen and oxygen atoms in total. The first-order valence-corrected chi connectivity index (χ1v) is 10.6. The number of hydrogen-bond donors (Lipinski definition) is 0. The van der Waals surface area contributed by atoms with Crippen LogP contribution in [0.2, 0.25) is 0 Å². The summed E-state index contributed by atoms with van der Waals surface area (Å²) in [4.78, 5) is 2.09. The van der Waals surface area contributed by atoms with Gasteiger partial charge in [-0.25, -0.2) is 4.68 Å². The van der Waals surface area contributed by atoms with Gasteiger partial charge in [-0.05, 0) is 79.2 Å². The normalized spacial score (nSPS) is 19.4. The molecule has 9 heteroatoms. The van der Waals surface area contributed by atoms with E-state index in [0.29, 0.717) is 19.7 Å². The minimum absolute atomic E-state index is 0.198. The Morgan fingerprint density at radius 2 is 1.89 bits per heavy atom. The van der Waals surface area contributed by atoms with Gasteiger partial charge in [0.2, 0.25) is 0 Å². The molecule has 28 heavy (non-hydrogen) atoms. The quantitative estimate of drug-likeness (QED) is 0.564. The molecule has 2 heterocycles. The van der Waals surface area contributed by atoms with E-state index in [1.54, 1.807) is 0 Å². The molecule has 0 N–H and O–H groups in total. The lowest BCUT2D eigenvalue weighted by atomic mass is 9.96. The van der Waals surface area contributed by atoms with Gasteiger partial charge in [0.1, 0.15) is 11.3 Å². The lowest BCUT2D eigenvalue weighted by Gasteiger charge is -2.32. The largest absolute Gasteiger partial charge is 0.492 e. The number of benzene rings is 1. The molecule has 0 spiro atoms. The van der Waals surface area contributed by atoms with Crippen molar-refractivity contribution >= 4 is 27.0 Å². The molecule has 1 aliphatic heterocycles. The second-order valence-electron chi connectivity index (χ2n) is 7.82. The highest BCUT2D eigenvalue weighted by molar-refractivity contribution is 9.10. The zero-order chi connectivity index (χ0) is 19.7. The van der Waals surface area contributed by atoms with Gasteiger partial charge >= 0.3 is 6.18 Å². The summed E-state index contributed by atoms with van der Waals surface area (Å²) in [6.07, 6.45) is -0.364. The van der Waals surface area contributed by atoms with E-state index in [1.807, 2.05) is 16.8 Å². The molecule has 1 aromatic carbocycles. The summed E-state index contributed by atoms with van der Waals surface area (Å²) in [6.45, 7) is 3.18. The average molecular weight is 461 g/mol. The van der Waals surface area contributed by atoms with Gasteiger partial charge < -0.3 is 9.64 Å². The minimum atomic E-state index is -4.05. The van der Waals surface area contributed by atoms with Crippen LogP contribution in [0, 0.1) is 11.8 Å². The third-order valence-corrected chi connectivity index (χ3v) is 6.41. The highest BCUT2D eigenvalue weighted by Gasteiger charge is 2.40. The molecule has 1 aromatic heterocycles. The van der Waals surface area contributed by atoms with Gasteiger partial charge in [-0.3, -0.25) is 0 Å².